The van der Waals surface area contributed by atoms with E-state index in [1.807, 2.05) is 0 Å². The molecule has 0 aromatic rings. The van der Waals surface area contributed by atoms with Gasteiger partial charge in [0.2, 0.25) is 0 Å². The molecule has 0 rings (SSSR count). The third-order valence-electron chi connectivity index (χ3n) is 0.463. The van der Waals surface area contributed by atoms with Gasteiger partial charge in [0.1, 0.15) is 11.9 Å². The maximum Gasteiger partial charge on any atom is 2.00 e. The molecular weight excluding hydrogens is 266 g/mol. The van der Waals surface area contributed by atoms with Crippen LogP contribution in [-0.2, 0) is 9.59 Å². The average Bonchev–Trinajstić information content (AvgIpc) is 1.83. The van der Waals surface area contributed by atoms with Crippen LogP contribution in [0, 0.1) is 0 Å². The average molecular weight is 268 g/mol. The molecule has 5 nitrogen and oxygen atoms in total. The van der Waals surface area contributed by atoms with E-state index < -0.39 is 24.3 Å². The third-order valence-corrected chi connectivity index (χ3v) is 0.463. The number of alkyl halides is 6. The van der Waals surface area contributed by atoms with Gasteiger partial charge in [-0.1, -0.05) is 0 Å². The first-order chi connectivity index (χ1) is 5.89. The van der Waals surface area contributed by atoms with Gasteiger partial charge in [-0.15, -0.1) is 0 Å². The zero-order valence-corrected chi connectivity index (χ0v) is 8.52. The molecule has 0 aliphatic carbocycles. The molecule has 0 aliphatic rings. The molecule has 0 atom stereocenters. The van der Waals surface area contributed by atoms with Crippen molar-refractivity contribution in [3.63, 3.8) is 0 Å². The number of hydrogen-bond donors (Lipinski definition) is 0. The van der Waals surface area contributed by atoms with Gasteiger partial charge >= 0.3 is 35.4 Å². The number of rotatable bonds is 0. The summed E-state index contributed by atoms with van der Waals surface area (Å²) in [6, 6.07) is 0. The summed E-state index contributed by atoms with van der Waals surface area (Å²) in [5.41, 5.74) is 0. The molecular formula is C4H2F6MgO5. The summed E-state index contributed by atoms with van der Waals surface area (Å²) in [6.45, 7) is 0. The quantitative estimate of drug-likeness (QED) is 0.354. The van der Waals surface area contributed by atoms with Gasteiger partial charge in [-0.05, 0) is 0 Å². The zero-order chi connectivity index (χ0) is 12.2. The minimum absolute atomic E-state index is 0. The van der Waals surface area contributed by atoms with Crippen molar-refractivity contribution in [2.45, 2.75) is 12.4 Å². The molecule has 0 unspecified atom stereocenters. The van der Waals surface area contributed by atoms with Crippen molar-refractivity contribution in [3.8, 4) is 0 Å². The maximum atomic E-state index is 10.5. The first-order valence-corrected chi connectivity index (χ1v) is 2.45. The SMILES string of the molecule is O.O=C([O-])C(F)(F)F.O=C([O-])C(F)(F)F.[Mg+2]. The maximum absolute atomic E-state index is 10.5. The molecule has 12 heteroatoms. The molecule has 0 aromatic heterocycles. The molecule has 0 aromatic carbocycles. The van der Waals surface area contributed by atoms with Crippen molar-refractivity contribution >= 4 is 35.0 Å². The van der Waals surface area contributed by atoms with Crippen LogP contribution in [0.3, 0.4) is 0 Å². The second kappa shape index (κ2) is 8.40. The summed E-state index contributed by atoms with van der Waals surface area (Å²) in [7, 11) is 0. The molecule has 0 spiro atoms. The van der Waals surface area contributed by atoms with Crippen molar-refractivity contribution in [1.29, 1.82) is 0 Å². The monoisotopic (exact) mass is 268 g/mol. The molecule has 0 amide bonds. The largest absolute Gasteiger partial charge is 2.00 e. The van der Waals surface area contributed by atoms with Crippen LogP contribution < -0.4 is 10.2 Å². The number of carboxylic acids is 2. The van der Waals surface area contributed by atoms with E-state index in [1.165, 1.54) is 0 Å². The van der Waals surface area contributed by atoms with E-state index in [9.17, 15) is 26.3 Å². The first kappa shape index (κ1) is 24.5. The van der Waals surface area contributed by atoms with Gasteiger partial charge in [0.05, 0.1) is 0 Å². The topological polar surface area (TPSA) is 112 Å². The summed E-state index contributed by atoms with van der Waals surface area (Å²) in [5.74, 6) is -6.01. The molecule has 16 heavy (non-hydrogen) atoms. The second-order valence-corrected chi connectivity index (χ2v) is 1.57. The Kier molecular flexibility index (Phi) is 12.9. The van der Waals surface area contributed by atoms with E-state index in [0.29, 0.717) is 0 Å². The fourth-order valence-corrected chi connectivity index (χ4v) is 0. The van der Waals surface area contributed by atoms with Crippen LogP contribution >= 0.6 is 0 Å². The smallest absolute Gasteiger partial charge is 0.542 e. The normalized spacial score (nSPS) is 9.88. The van der Waals surface area contributed by atoms with Crippen molar-refractivity contribution in [2.75, 3.05) is 0 Å². The summed E-state index contributed by atoms with van der Waals surface area (Å²) in [5, 5.41) is 17.6. The third kappa shape index (κ3) is 15.7. The van der Waals surface area contributed by atoms with Crippen molar-refractivity contribution in [1.82, 2.24) is 0 Å². The number of carbonyl (C=O) groups is 2. The number of hydrogen-bond acceptors (Lipinski definition) is 4. The van der Waals surface area contributed by atoms with Crippen LogP contribution in [0.15, 0.2) is 0 Å². The predicted octanol–water partition coefficient (Wildman–Crippen LogP) is -2.61. The fourth-order valence-electron chi connectivity index (χ4n) is 0. The second-order valence-electron chi connectivity index (χ2n) is 1.57. The van der Waals surface area contributed by atoms with Crippen molar-refractivity contribution in [3.05, 3.63) is 0 Å². The summed E-state index contributed by atoms with van der Waals surface area (Å²) >= 11 is 0. The summed E-state index contributed by atoms with van der Waals surface area (Å²) in [6.07, 6.45) is -10.4. The molecule has 0 heterocycles. The Hall–Kier alpha value is -0.754. The number of carboxylic acid groups (broad SMARTS) is 2. The number of halogens is 6. The minimum Gasteiger partial charge on any atom is -0.542 e. The van der Waals surface area contributed by atoms with E-state index in [2.05, 4.69) is 0 Å². The van der Waals surface area contributed by atoms with E-state index in [-0.39, 0.29) is 28.5 Å². The van der Waals surface area contributed by atoms with E-state index >= 15 is 0 Å². The molecule has 2 N–H and O–H groups in total. The minimum atomic E-state index is -5.19. The van der Waals surface area contributed by atoms with E-state index in [1.54, 1.807) is 0 Å². The van der Waals surface area contributed by atoms with Gasteiger partial charge in [-0.2, -0.15) is 26.3 Å². The van der Waals surface area contributed by atoms with E-state index in [4.69, 9.17) is 19.8 Å². The van der Waals surface area contributed by atoms with Crippen molar-refractivity contribution in [2.24, 2.45) is 0 Å². The number of aliphatic carboxylic acids is 2. The van der Waals surface area contributed by atoms with Crippen LogP contribution in [0.4, 0.5) is 26.3 Å². The Morgan fingerprint density at radius 1 is 0.750 bits per heavy atom. The van der Waals surface area contributed by atoms with Gasteiger partial charge in [0, 0.05) is 0 Å². The van der Waals surface area contributed by atoms with Crippen LogP contribution in [0.25, 0.3) is 0 Å². The summed E-state index contributed by atoms with van der Waals surface area (Å²) < 4.78 is 63.1. The van der Waals surface area contributed by atoms with Crippen LogP contribution in [0.5, 0.6) is 0 Å². The Morgan fingerprint density at radius 2 is 0.812 bits per heavy atom. The molecule has 0 fully saturated rings. The Bertz CT molecular complexity index is 198. The fraction of sp³-hybridized carbons (Fsp3) is 0.500. The van der Waals surface area contributed by atoms with Crippen LogP contribution in [-0.4, -0.2) is 52.8 Å². The van der Waals surface area contributed by atoms with Gasteiger partial charge < -0.3 is 25.3 Å². The molecule has 0 radical (unpaired) electrons. The first-order valence-electron chi connectivity index (χ1n) is 2.45. The molecule has 0 saturated carbocycles. The Balaban J connectivity index is -0.0000000800. The standard InChI is InChI=1S/2C2HF3O2.Mg.H2O/c2*3-2(4,5)1(6)7;;/h2*(H,6,7);;1H2/q;;+2;/p-2. The Labute approximate surface area is 99.5 Å². The number of carbonyl (C=O) groups excluding carboxylic acids is 2. The predicted molar refractivity (Wildman–Crippen MR) is 31.5 cm³/mol. The van der Waals surface area contributed by atoms with Gasteiger partial charge in [0.25, 0.3) is 0 Å². The van der Waals surface area contributed by atoms with Gasteiger partial charge in [-0.25, -0.2) is 0 Å². The van der Waals surface area contributed by atoms with Crippen molar-refractivity contribution < 1.29 is 51.6 Å². The van der Waals surface area contributed by atoms with Crippen LogP contribution in [0.1, 0.15) is 0 Å². The van der Waals surface area contributed by atoms with Crippen LogP contribution in [0.2, 0.25) is 0 Å². The zero-order valence-electron chi connectivity index (χ0n) is 7.11. The Morgan fingerprint density at radius 3 is 0.812 bits per heavy atom. The molecule has 0 aliphatic heterocycles. The molecule has 0 saturated heterocycles. The molecule has 0 bridgehead atoms. The molecule has 92 valence electrons. The van der Waals surface area contributed by atoms with Gasteiger partial charge in [0.15, 0.2) is 0 Å². The summed E-state index contributed by atoms with van der Waals surface area (Å²) in [4.78, 5) is 17.6. The van der Waals surface area contributed by atoms with E-state index in [0.717, 1.165) is 0 Å². The van der Waals surface area contributed by atoms with Gasteiger partial charge in [-0.3, -0.25) is 0 Å².